The van der Waals surface area contributed by atoms with Crippen LogP contribution in [0.3, 0.4) is 0 Å². The van der Waals surface area contributed by atoms with Crippen molar-refractivity contribution in [3.05, 3.63) is 85.2 Å². The summed E-state index contributed by atoms with van der Waals surface area (Å²) in [5, 5.41) is 2.67. The number of pyridine rings is 2. The van der Waals surface area contributed by atoms with Crippen LogP contribution in [0, 0.1) is 0 Å². The highest BCUT2D eigenvalue weighted by molar-refractivity contribution is 8.45. The second-order valence-electron chi connectivity index (χ2n) is 7.86. The molecule has 0 bridgehead atoms. The number of rotatable bonds is 7. The zero-order valence-corrected chi connectivity index (χ0v) is 20.5. The Bertz CT molecular complexity index is 1370. The Labute approximate surface area is 208 Å². The van der Waals surface area contributed by atoms with Gasteiger partial charge in [-0.15, -0.1) is 6.58 Å². The monoisotopic (exact) mass is 540 g/mol. The van der Waals surface area contributed by atoms with Gasteiger partial charge in [-0.25, -0.2) is 4.98 Å². The van der Waals surface area contributed by atoms with Gasteiger partial charge in [0.25, 0.3) is 0 Å². The van der Waals surface area contributed by atoms with E-state index in [1.54, 1.807) is 37.7 Å². The third-order valence-corrected chi connectivity index (χ3v) is 7.62. The van der Waals surface area contributed by atoms with Crippen molar-refractivity contribution in [2.45, 2.75) is 15.2 Å². The van der Waals surface area contributed by atoms with Crippen LogP contribution in [0.4, 0.5) is 25.1 Å². The zero-order chi connectivity index (χ0) is 26.2. The molecule has 1 aliphatic rings. The van der Waals surface area contributed by atoms with Gasteiger partial charge in [0, 0.05) is 48.5 Å². The maximum absolute atomic E-state index is 13.5. The lowest BCUT2D eigenvalue weighted by Crippen LogP contribution is -2.38. The lowest BCUT2D eigenvalue weighted by atomic mass is 10.1. The molecule has 1 aromatic carbocycles. The van der Waals surface area contributed by atoms with Gasteiger partial charge < -0.3 is 10.2 Å². The number of aromatic nitrogens is 2. The minimum absolute atomic E-state index is 0.181. The highest BCUT2D eigenvalue weighted by atomic mass is 32.5. The van der Waals surface area contributed by atoms with Gasteiger partial charge in [-0.2, -0.15) is 0 Å². The van der Waals surface area contributed by atoms with Crippen LogP contribution >= 0.6 is 22.0 Å². The molecular formula is C24H21F5N4OS2. The molecule has 36 heavy (non-hydrogen) atoms. The predicted octanol–water partition coefficient (Wildman–Crippen LogP) is 7.05. The summed E-state index contributed by atoms with van der Waals surface area (Å²) < 4.78 is 67.1. The minimum Gasteiger partial charge on any atom is -0.388 e. The second kappa shape index (κ2) is 8.63. The second-order valence-corrected chi connectivity index (χ2v) is 11.4. The Morgan fingerprint density at radius 1 is 1.14 bits per heavy atom. The summed E-state index contributed by atoms with van der Waals surface area (Å²) in [6, 6.07) is 9.90. The summed E-state index contributed by atoms with van der Waals surface area (Å²) in [5.74, 6) is -0.603. The Balaban J connectivity index is 1.71. The smallest absolute Gasteiger partial charge is 0.310 e. The van der Waals surface area contributed by atoms with E-state index in [0.717, 1.165) is 33.9 Å². The van der Waals surface area contributed by atoms with E-state index in [1.165, 1.54) is 12.1 Å². The first kappa shape index (κ1) is 25.7. The van der Waals surface area contributed by atoms with Crippen molar-refractivity contribution in [3.63, 3.8) is 0 Å². The molecule has 2 aromatic heterocycles. The van der Waals surface area contributed by atoms with E-state index in [0.29, 0.717) is 28.5 Å². The normalized spacial score (nSPS) is 17.2. The predicted molar refractivity (Wildman–Crippen MR) is 135 cm³/mol. The summed E-state index contributed by atoms with van der Waals surface area (Å²) in [6.07, 6.45) is 6.20. The highest BCUT2D eigenvalue weighted by Gasteiger charge is 2.65. The van der Waals surface area contributed by atoms with Gasteiger partial charge in [-0.3, -0.25) is 9.78 Å². The number of nitrogens with zero attached hydrogens (tertiary/aromatic N) is 3. The SMILES string of the molecule is C=CCN(C(=O)C1C=C(NC)c2ccc(-c3ccncc3)nc2S1)c1cccc(S(F)(F)(F)(F)F)c1. The molecule has 3 aromatic rings. The third kappa shape index (κ3) is 5.39. The standard InChI is InChI=1S/C24H21F5N4OS2/c1-3-13-33(17-5-4-6-18(14-17)36(25,26,27,28)29)24(34)22-15-21(30-2)19-7-8-20(32-23(19)35-22)16-9-11-31-12-10-16/h3-12,14-15,22,30H,1,13H2,2H3. The zero-order valence-electron chi connectivity index (χ0n) is 18.9. The van der Waals surface area contributed by atoms with Gasteiger partial charge in [-0.05, 0) is 48.5 Å². The molecule has 0 fully saturated rings. The Hall–Kier alpha value is -3.38. The van der Waals surface area contributed by atoms with Gasteiger partial charge in [0.05, 0.1) is 5.69 Å². The molecule has 4 rings (SSSR count). The van der Waals surface area contributed by atoms with Gasteiger partial charge in [0.15, 0.2) is 0 Å². The number of hydrogen-bond donors (Lipinski definition) is 1. The van der Waals surface area contributed by atoms with E-state index in [1.807, 2.05) is 12.1 Å². The summed E-state index contributed by atoms with van der Waals surface area (Å²) in [4.78, 5) is 21.1. The number of benzene rings is 1. The van der Waals surface area contributed by atoms with Crippen molar-refractivity contribution in [2.75, 3.05) is 18.5 Å². The molecule has 1 unspecified atom stereocenters. The van der Waals surface area contributed by atoms with Crippen LogP contribution in [0.5, 0.6) is 0 Å². The maximum Gasteiger partial charge on any atom is 0.310 e. The summed E-state index contributed by atoms with van der Waals surface area (Å²) in [7, 11) is -8.27. The molecule has 0 radical (unpaired) electrons. The highest BCUT2D eigenvalue weighted by Crippen LogP contribution is 3.02. The van der Waals surface area contributed by atoms with Gasteiger partial charge >= 0.3 is 10.2 Å². The number of thioether (sulfide) groups is 1. The first-order chi connectivity index (χ1) is 16.8. The van der Waals surface area contributed by atoms with Gasteiger partial charge in [0.1, 0.15) is 15.2 Å². The molecule has 0 saturated carbocycles. The number of hydrogen-bond acceptors (Lipinski definition) is 5. The number of amides is 1. The third-order valence-electron chi connectivity index (χ3n) is 5.35. The molecule has 1 atom stereocenters. The van der Waals surface area contributed by atoms with E-state index in [4.69, 9.17) is 0 Å². The van der Waals surface area contributed by atoms with Crippen LogP contribution in [-0.4, -0.2) is 34.7 Å². The first-order valence-electron chi connectivity index (χ1n) is 10.5. The van der Waals surface area contributed by atoms with E-state index in [2.05, 4.69) is 21.9 Å². The van der Waals surface area contributed by atoms with Crippen molar-refractivity contribution in [3.8, 4) is 11.3 Å². The number of anilines is 1. The van der Waals surface area contributed by atoms with Crippen molar-refractivity contribution in [1.29, 1.82) is 0 Å². The molecule has 0 spiro atoms. The molecule has 3 heterocycles. The van der Waals surface area contributed by atoms with E-state index < -0.39 is 26.3 Å². The van der Waals surface area contributed by atoms with Crippen LogP contribution in [-0.2, 0) is 4.79 Å². The molecule has 1 N–H and O–H groups in total. The number of carbonyl (C=O) groups excluding carboxylic acids is 1. The lowest BCUT2D eigenvalue weighted by molar-refractivity contribution is -0.117. The number of nitrogens with one attached hydrogen (secondary N) is 1. The van der Waals surface area contributed by atoms with Gasteiger partial charge in [0.2, 0.25) is 5.91 Å². The number of carbonyl (C=O) groups is 1. The Morgan fingerprint density at radius 2 is 1.86 bits per heavy atom. The first-order valence-corrected chi connectivity index (χ1v) is 13.4. The average Bonchev–Trinajstić information content (AvgIpc) is 2.85. The molecule has 12 heteroatoms. The van der Waals surface area contributed by atoms with Gasteiger partial charge in [-0.1, -0.05) is 43.3 Å². The van der Waals surface area contributed by atoms with Crippen molar-refractivity contribution in [1.82, 2.24) is 15.3 Å². The molecule has 0 saturated heterocycles. The molecule has 1 amide bonds. The molecule has 190 valence electrons. The fourth-order valence-corrected chi connectivity index (χ4v) is 5.46. The fraction of sp³-hybridized carbons (Fsp3) is 0.125. The van der Waals surface area contributed by atoms with E-state index in [-0.39, 0.29) is 12.2 Å². The minimum atomic E-state index is -9.94. The molecule has 5 nitrogen and oxygen atoms in total. The van der Waals surface area contributed by atoms with Crippen LogP contribution in [0.2, 0.25) is 0 Å². The molecular weight excluding hydrogens is 519 g/mol. The van der Waals surface area contributed by atoms with Crippen molar-refractivity contribution >= 4 is 39.3 Å². The van der Waals surface area contributed by atoms with Crippen molar-refractivity contribution in [2.24, 2.45) is 0 Å². The summed E-state index contributed by atoms with van der Waals surface area (Å²) >= 11 is 1.12. The Kier molecular flexibility index (Phi) is 6.16. The van der Waals surface area contributed by atoms with Crippen LogP contribution in [0.1, 0.15) is 5.56 Å². The largest absolute Gasteiger partial charge is 0.388 e. The maximum atomic E-state index is 13.5. The van der Waals surface area contributed by atoms with Crippen LogP contribution < -0.4 is 10.2 Å². The molecule has 1 aliphatic heterocycles. The fourth-order valence-electron chi connectivity index (χ4n) is 3.65. The topological polar surface area (TPSA) is 58.1 Å². The van der Waals surface area contributed by atoms with Crippen LogP contribution in [0.15, 0.2) is 89.6 Å². The quantitative estimate of drug-likeness (QED) is 0.257. The van der Waals surface area contributed by atoms with Crippen molar-refractivity contribution < 1.29 is 24.2 Å². The van der Waals surface area contributed by atoms with Crippen LogP contribution in [0.25, 0.3) is 17.0 Å². The summed E-state index contributed by atoms with van der Waals surface area (Å²) in [6.45, 7) is 3.37. The lowest BCUT2D eigenvalue weighted by Gasteiger charge is -2.41. The summed E-state index contributed by atoms with van der Waals surface area (Å²) in [5.41, 5.74) is 2.52. The number of halogens is 5. The molecule has 0 aliphatic carbocycles. The average molecular weight is 541 g/mol. The Morgan fingerprint density at radius 3 is 2.50 bits per heavy atom. The van der Waals surface area contributed by atoms with E-state index in [9.17, 15) is 24.2 Å². The number of fused-ring (bicyclic) bond motifs is 1. The van der Waals surface area contributed by atoms with E-state index >= 15 is 0 Å².